The Hall–Kier alpha value is -2.24. The summed E-state index contributed by atoms with van der Waals surface area (Å²) in [6.07, 6.45) is 1.56. The van der Waals surface area contributed by atoms with Crippen LogP contribution in [0.1, 0.15) is 12.8 Å². The van der Waals surface area contributed by atoms with Crippen LogP contribution in [-0.4, -0.2) is 39.3 Å². The summed E-state index contributed by atoms with van der Waals surface area (Å²) in [7, 11) is 0. The maximum atomic E-state index is 11.1. The topological polar surface area (TPSA) is 79.2 Å². The number of aromatic nitrogens is 3. The summed E-state index contributed by atoms with van der Waals surface area (Å²) >= 11 is 0. The molecule has 2 aromatic rings. The molecule has 1 aliphatic heterocycles. The third kappa shape index (κ3) is 2.33. The Labute approximate surface area is 110 Å². The monoisotopic (exact) mass is 258 g/mol. The number of anilines is 1. The van der Waals surface area contributed by atoms with Crippen molar-refractivity contribution in [1.29, 1.82) is 0 Å². The van der Waals surface area contributed by atoms with Crippen molar-refractivity contribution in [3.8, 4) is 0 Å². The number of piperidine rings is 1. The van der Waals surface area contributed by atoms with Gasteiger partial charge in [-0.3, -0.25) is 4.79 Å². The number of fused-ring (bicyclic) bond motifs is 1. The molecule has 1 atom stereocenters. The summed E-state index contributed by atoms with van der Waals surface area (Å²) in [5.74, 6) is -0.577. The van der Waals surface area contributed by atoms with E-state index in [1.807, 2.05) is 29.2 Å². The van der Waals surface area contributed by atoms with Gasteiger partial charge in [-0.05, 0) is 25.0 Å². The van der Waals surface area contributed by atoms with Crippen molar-refractivity contribution >= 4 is 23.0 Å². The molecule has 98 valence electrons. The molecule has 6 heteroatoms. The zero-order valence-electron chi connectivity index (χ0n) is 10.4. The number of nitrogens with zero attached hydrogens (tertiary/aromatic N) is 4. The van der Waals surface area contributed by atoms with Gasteiger partial charge in [0.05, 0.1) is 11.4 Å². The molecule has 0 amide bonds. The summed E-state index contributed by atoms with van der Waals surface area (Å²) < 4.78 is 0. The number of hydrogen-bond donors (Lipinski definition) is 1. The molecule has 1 aromatic carbocycles. The normalized spacial score (nSPS) is 19.6. The van der Waals surface area contributed by atoms with E-state index in [2.05, 4.69) is 15.2 Å². The molecule has 3 rings (SSSR count). The van der Waals surface area contributed by atoms with E-state index in [1.54, 1.807) is 0 Å². The highest BCUT2D eigenvalue weighted by molar-refractivity contribution is 5.74. The van der Waals surface area contributed by atoms with Gasteiger partial charge in [0, 0.05) is 13.1 Å². The lowest BCUT2D eigenvalue weighted by molar-refractivity contribution is -0.141. The highest BCUT2D eigenvalue weighted by Crippen LogP contribution is 2.21. The van der Waals surface area contributed by atoms with Crippen LogP contribution in [-0.2, 0) is 4.79 Å². The average Bonchev–Trinajstić information content (AvgIpc) is 2.47. The fraction of sp³-hybridized carbons (Fsp3) is 0.385. The molecule has 19 heavy (non-hydrogen) atoms. The molecule has 6 nitrogen and oxygen atoms in total. The summed E-state index contributed by atoms with van der Waals surface area (Å²) in [5.41, 5.74) is 1.53. The van der Waals surface area contributed by atoms with Crippen LogP contribution in [0.4, 0.5) is 5.95 Å². The van der Waals surface area contributed by atoms with Crippen LogP contribution in [0.3, 0.4) is 0 Å². The van der Waals surface area contributed by atoms with Gasteiger partial charge in [0.25, 0.3) is 0 Å². The number of carboxylic acid groups (broad SMARTS) is 1. The van der Waals surface area contributed by atoms with Crippen molar-refractivity contribution in [1.82, 2.24) is 15.2 Å². The van der Waals surface area contributed by atoms with Gasteiger partial charge in [-0.25, -0.2) is 4.98 Å². The zero-order chi connectivity index (χ0) is 13.2. The molecular weight excluding hydrogens is 244 g/mol. The van der Waals surface area contributed by atoms with Crippen molar-refractivity contribution in [2.45, 2.75) is 12.8 Å². The van der Waals surface area contributed by atoms with Gasteiger partial charge in [0.1, 0.15) is 5.52 Å². The number of benzene rings is 1. The Morgan fingerprint density at radius 1 is 1.26 bits per heavy atom. The van der Waals surface area contributed by atoms with Crippen LogP contribution < -0.4 is 4.90 Å². The number of rotatable bonds is 2. The molecule has 0 spiro atoms. The van der Waals surface area contributed by atoms with Crippen LogP contribution in [0, 0.1) is 5.92 Å². The van der Waals surface area contributed by atoms with Gasteiger partial charge < -0.3 is 10.0 Å². The predicted octanol–water partition coefficient (Wildman–Crippen LogP) is 1.33. The van der Waals surface area contributed by atoms with Crippen molar-refractivity contribution < 1.29 is 9.90 Å². The Balaban J connectivity index is 1.89. The minimum absolute atomic E-state index is 0.344. The standard InChI is InChI=1S/C13H14N4O2/c18-12(19)9-4-3-7-17(8-9)13-14-10-5-1-2-6-11(10)15-16-13/h1-2,5-6,9H,3-4,7-8H2,(H,18,19). The molecular formula is C13H14N4O2. The van der Waals surface area contributed by atoms with Crippen LogP contribution in [0.5, 0.6) is 0 Å². The van der Waals surface area contributed by atoms with Crippen LogP contribution in [0.25, 0.3) is 11.0 Å². The number of hydrogen-bond acceptors (Lipinski definition) is 5. The Morgan fingerprint density at radius 3 is 2.84 bits per heavy atom. The fourth-order valence-electron chi connectivity index (χ4n) is 2.37. The average molecular weight is 258 g/mol. The van der Waals surface area contributed by atoms with E-state index in [0.29, 0.717) is 18.9 Å². The second-order valence-corrected chi connectivity index (χ2v) is 4.72. The van der Waals surface area contributed by atoms with E-state index in [4.69, 9.17) is 5.11 Å². The first-order chi connectivity index (χ1) is 9.24. The smallest absolute Gasteiger partial charge is 0.308 e. The van der Waals surface area contributed by atoms with Crippen LogP contribution >= 0.6 is 0 Å². The molecule has 2 heterocycles. The first-order valence-corrected chi connectivity index (χ1v) is 6.31. The van der Waals surface area contributed by atoms with Gasteiger partial charge in [-0.15, -0.1) is 10.2 Å². The van der Waals surface area contributed by atoms with E-state index < -0.39 is 5.97 Å². The third-order valence-electron chi connectivity index (χ3n) is 3.40. The molecule has 0 radical (unpaired) electrons. The molecule has 0 bridgehead atoms. The maximum Gasteiger partial charge on any atom is 0.308 e. The van der Waals surface area contributed by atoms with Crippen molar-refractivity contribution in [2.24, 2.45) is 5.92 Å². The molecule has 0 aliphatic carbocycles. The van der Waals surface area contributed by atoms with Crippen molar-refractivity contribution in [3.63, 3.8) is 0 Å². The molecule has 1 saturated heterocycles. The van der Waals surface area contributed by atoms with Gasteiger partial charge in [-0.1, -0.05) is 12.1 Å². The van der Waals surface area contributed by atoms with Gasteiger partial charge in [0.2, 0.25) is 5.95 Å². The minimum Gasteiger partial charge on any atom is -0.481 e. The first kappa shape index (κ1) is 11.8. The zero-order valence-corrected chi connectivity index (χ0v) is 10.4. The third-order valence-corrected chi connectivity index (χ3v) is 3.40. The van der Waals surface area contributed by atoms with Gasteiger partial charge >= 0.3 is 5.97 Å². The molecule has 1 unspecified atom stereocenters. The molecule has 1 fully saturated rings. The van der Waals surface area contributed by atoms with Crippen LogP contribution in [0.15, 0.2) is 24.3 Å². The largest absolute Gasteiger partial charge is 0.481 e. The fourth-order valence-corrected chi connectivity index (χ4v) is 2.37. The second kappa shape index (κ2) is 4.79. The predicted molar refractivity (Wildman–Crippen MR) is 69.9 cm³/mol. The lowest BCUT2D eigenvalue weighted by Crippen LogP contribution is -2.39. The number of carboxylic acids is 1. The molecule has 1 aromatic heterocycles. The summed E-state index contributed by atoms with van der Waals surface area (Å²) in [6, 6.07) is 7.53. The SMILES string of the molecule is O=C(O)C1CCCN(c2nnc3ccccc3n2)C1. The maximum absolute atomic E-state index is 11.1. The first-order valence-electron chi connectivity index (χ1n) is 6.31. The Kier molecular flexibility index (Phi) is 2.98. The lowest BCUT2D eigenvalue weighted by Gasteiger charge is -2.30. The van der Waals surface area contributed by atoms with Gasteiger partial charge in [-0.2, -0.15) is 0 Å². The van der Waals surface area contributed by atoms with Crippen LogP contribution in [0.2, 0.25) is 0 Å². The second-order valence-electron chi connectivity index (χ2n) is 4.72. The van der Waals surface area contributed by atoms with E-state index in [1.165, 1.54) is 0 Å². The lowest BCUT2D eigenvalue weighted by atomic mass is 9.99. The molecule has 1 aliphatic rings. The van der Waals surface area contributed by atoms with E-state index in [9.17, 15) is 4.79 Å². The Morgan fingerprint density at radius 2 is 2.05 bits per heavy atom. The highest BCUT2D eigenvalue weighted by Gasteiger charge is 2.26. The number of carbonyl (C=O) groups is 1. The molecule has 1 N–H and O–H groups in total. The number of para-hydroxylation sites is 1. The van der Waals surface area contributed by atoms with Gasteiger partial charge in [0.15, 0.2) is 0 Å². The van der Waals surface area contributed by atoms with E-state index in [-0.39, 0.29) is 5.92 Å². The quantitative estimate of drug-likeness (QED) is 0.875. The summed E-state index contributed by atoms with van der Waals surface area (Å²) in [6.45, 7) is 1.24. The van der Waals surface area contributed by atoms with E-state index >= 15 is 0 Å². The summed E-state index contributed by atoms with van der Waals surface area (Å²) in [5, 5.41) is 17.3. The summed E-state index contributed by atoms with van der Waals surface area (Å²) in [4.78, 5) is 17.4. The molecule has 0 saturated carbocycles. The van der Waals surface area contributed by atoms with Crippen molar-refractivity contribution in [3.05, 3.63) is 24.3 Å². The Bertz CT molecular complexity index is 616. The van der Waals surface area contributed by atoms with Crippen molar-refractivity contribution in [2.75, 3.05) is 18.0 Å². The highest BCUT2D eigenvalue weighted by atomic mass is 16.4. The minimum atomic E-state index is -0.751. The van der Waals surface area contributed by atoms with E-state index in [0.717, 1.165) is 24.0 Å². The number of aliphatic carboxylic acids is 1.